The first-order valence-electron chi connectivity index (χ1n) is 5.99. The molecule has 0 spiro atoms. The predicted molar refractivity (Wildman–Crippen MR) is 72.2 cm³/mol. The van der Waals surface area contributed by atoms with E-state index in [2.05, 4.69) is 10.3 Å². The van der Waals surface area contributed by atoms with E-state index in [0.29, 0.717) is 6.54 Å². The minimum Gasteiger partial charge on any atom is -0.384 e. The Kier molecular flexibility index (Phi) is 3.83. The number of nitrogen functional groups attached to an aromatic ring is 1. The summed E-state index contributed by atoms with van der Waals surface area (Å²) in [6.45, 7) is 2.33. The lowest BCUT2D eigenvalue weighted by Gasteiger charge is -2.11. The van der Waals surface area contributed by atoms with Crippen molar-refractivity contribution in [2.45, 2.75) is 19.6 Å². The van der Waals surface area contributed by atoms with E-state index in [-0.39, 0.29) is 11.6 Å². The van der Waals surface area contributed by atoms with E-state index in [4.69, 9.17) is 5.73 Å². The molecule has 1 aromatic heterocycles. The van der Waals surface area contributed by atoms with Crippen LogP contribution in [0, 0.1) is 6.92 Å². The zero-order valence-electron chi connectivity index (χ0n) is 10.8. The molecule has 20 heavy (non-hydrogen) atoms. The minimum absolute atomic E-state index is 0.110. The van der Waals surface area contributed by atoms with E-state index in [1.807, 2.05) is 31.2 Å². The number of hydrogen-bond donors (Lipinski definition) is 2. The molecule has 0 unspecified atom stereocenters. The second-order valence-electron chi connectivity index (χ2n) is 4.51. The largest absolute Gasteiger partial charge is 0.416 e. The first kappa shape index (κ1) is 14.2. The summed E-state index contributed by atoms with van der Waals surface area (Å²) in [5, 5.41) is 2.85. The number of pyridine rings is 1. The number of alkyl halides is 3. The van der Waals surface area contributed by atoms with Gasteiger partial charge in [0.05, 0.1) is 5.56 Å². The average molecular weight is 281 g/mol. The van der Waals surface area contributed by atoms with Crippen LogP contribution in [0.25, 0.3) is 0 Å². The smallest absolute Gasteiger partial charge is 0.384 e. The Labute approximate surface area is 114 Å². The summed E-state index contributed by atoms with van der Waals surface area (Å²) >= 11 is 0. The van der Waals surface area contributed by atoms with Gasteiger partial charge in [-0.1, -0.05) is 29.8 Å². The number of halogens is 3. The highest BCUT2D eigenvalue weighted by atomic mass is 19.4. The Morgan fingerprint density at radius 1 is 1.20 bits per heavy atom. The Bertz CT molecular complexity index is 609. The van der Waals surface area contributed by atoms with Gasteiger partial charge in [-0.05, 0) is 24.6 Å². The molecule has 0 aliphatic carbocycles. The molecule has 6 heteroatoms. The van der Waals surface area contributed by atoms with Crippen molar-refractivity contribution in [3.8, 4) is 0 Å². The van der Waals surface area contributed by atoms with E-state index >= 15 is 0 Å². The summed E-state index contributed by atoms with van der Waals surface area (Å²) in [5.41, 5.74) is 6.63. The molecule has 1 aromatic carbocycles. The van der Waals surface area contributed by atoms with Crippen molar-refractivity contribution in [3.05, 3.63) is 53.1 Å². The maximum absolute atomic E-state index is 12.7. The fraction of sp³-hybridized carbons (Fsp3) is 0.214. The van der Waals surface area contributed by atoms with E-state index in [1.165, 1.54) is 0 Å². The molecule has 1 heterocycles. The first-order chi connectivity index (χ1) is 9.34. The van der Waals surface area contributed by atoms with Crippen LogP contribution in [-0.2, 0) is 12.7 Å². The summed E-state index contributed by atoms with van der Waals surface area (Å²) in [6, 6.07) is 9.44. The van der Waals surface area contributed by atoms with Gasteiger partial charge in [-0.2, -0.15) is 13.2 Å². The maximum atomic E-state index is 12.7. The number of benzene rings is 1. The van der Waals surface area contributed by atoms with Crippen molar-refractivity contribution in [1.29, 1.82) is 0 Å². The van der Waals surface area contributed by atoms with Crippen LogP contribution in [0.5, 0.6) is 0 Å². The summed E-state index contributed by atoms with van der Waals surface area (Å²) in [5.74, 6) is -0.0506. The fourth-order valence-corrected chi connectivity index (χ4v) is 1.82. The van der Waals surface area contributed by atoms with Crippen molar-refractivity contribution >= 4 is 11.6 Å². The number of nitrogens with zero attached hydrogens (tertiary/aromatic N) is 1. The van der Waals surface area contributed by atoms with E-state index in [0.717, 1.165) is 23.3 Å². The van der Waals surface area contributed by atoms with Crippen LogP contribution in [0.3, 0.4) is 0 Å². The van der Waals surface area contributed by atoms with Crippen molar-refractivity contribution in [2.24, 2.45) is 0 Å². The van der Waals surface area contributed by atoms with E-state index in [1.54, 1.807) is 0 Å². The lowest BCUT2D eigenvalue weighted by atomic mass is 10.1. The number of anilines is 2. The lowest BCUT2D eigenvalue weighted by Crippen LogP contribution is -2.09. The molecular formula is C14H14F3N3. The normalized spacial score (nSPS) is 11.4. The van der Waals surface area contributed by atoms with Crippen molar-refractivity contribution in [2.75, 3.05) is 11.1 Å². The Morgan fingerprint density at radius 2 is 1.95 bits per heavy atom. The monoisotopic (exact) mass is 281 g/mol. The summed E-state index contributed by atoms with van der Waals surface area (Å²) < 4.78 is 38.0. The van der Waals surface area contributed by atoms with Gasteiger partial charge in [0.2, 0.25) is 0 Å². The third kappa shape index (κ3) is 3.63. The first-order valence-corrected chi connectivity index (χ1v) is 5.99. The van der Waals surface area contributed by atoms with Gasteiger partial charge >= 0.3 is 6.18 Å². The average Bonchev–Trinajstić information content (AvgIpc) is 2.35. The molecule has 2 aromatic rings. The van der Waals surface area contributed by atoms with Crippen LogP contribution in [0.4, 0.5) is 24.8 Å². The van der Waals surface area contributed by atoms with Gasteiger partial charge in [-0.25, -0.2) is 4.98 Å². The molecule has 0 radical (unpaired) electrons. The zero-order chi connectivity index (χ0) is 14.8. The molecule has 0 aliphatic rings. The molecule has 0 bridgehead atoms. The topological polar surface area (TPSA) is 50.9 Å². The Hall–Kier alpha value is -2.24. The van der Waals surface area contributed by atoms with Gasteiger partial charge in [0.25, 0.3) is 0 Å². The van der Waals surface area contributed by atoms with Gasteiger partial charge < -0.3 is 11.1 Å². The van der Waals surface area contributed by atoms with Crippen molar-refractivity contribution in [3.63, 3.8) is 0 Å². The summed E-state index contributed by atoms with van der Waals surface area (Å²) in [4.78, 5) is 3.85. The SMILES string of the molecule is Cc1cccc(CNc2cc(C(F)(F)F)cc(N)n2)c1. The second-order valence-corrected chi connectivity index (χ2v) is 4.51. The molecule has 0 amide bonds. The van der Waals surface area contributed by atoms with E-state index in [9.17, 15) is 13.2 Å². The number of nitrogens with one attached hydrogen (secondary N) is 1. The number of nitrogens with two attached hydrogens (primary N) is 1. The molecule has 3 nitrogen and oxygen atoms in total. The number of aryl methyl sites for hydroxylation is 1. The van der Waals surface area contributed by atoms with Gasteiger partial charge in [-0.3, -0.25) is 0 Å². The summed E-state index contributed by atoms with van der Waals surface area (Å²) in [6.07, 6.45) is -4.43. The number of aromatic nitrogens is 1. The van der Waals surface area contributed by atoms with Gasteiger partial charge in [-0.15, -0.1) is 0 Å². The fourth-order valence-electron chi connectivity index (χ4n) is 1.82. The van der Waals surface area contributed by atoms with Crippen molar-refractivity contribution in [1.82, 2.24) is 4.98 Å². The van der Waals surface area contributed by atoms with Crippen LogP contribution in [0.1, 0.15) is 16.7 Å². The standard InChI is InChI=1S/C14H14F3N3/c1-9-3-2-4-10(5-9)8-19-13-7-11(14(15,16)17)6-12(18)20-13/h2-7H,8H2,1H3,(H3,18,19,20). The number of rotatable bonds is 3. The molecular weight excluding hydrogens is 267 g/mol. The molecule has 0 fully saturated rings. The second kappa shape index (κ2) is 5.40. The molecule has 0 saturated heterocycles. The van der Waals surface area contributed by atoms with Gasteiger partial charge in [0.1, 0.15) is 11.6 Å². The molecule has 0 aliphatic heterocycles. The highest BCUT2D eigenvalue weighted by Gasteiger charge is 2.31. The highest BCUT2D eigenvalue weighted by Crippen LogP contribution is 2.31. The maximum Gasteiger partial charge on any atom is 0.416 e. The number of hydrogen-bond acceptors (Lipinski definition) is 3. The van der Waals surface area contributed by atoms with Crippen molar-refractivity contribution < 1.29 is 13.2 Å². The molecule has 0 saturated carbocycles. The molecule has 0 atom stereocenters. The third-order valence-corrected chi connectivity index (χ3v) is 2.73. The predicted octanol–water partition coefficient (Wildman–Crippen LogP) is 3.60. The van der Waals surface area contributed by atoms with E-state index < -0.39 is 11.7 Å². The Morgan fingerprint density at radius 3 is 2.60 bits per heavy atom. The molecule has 3 N–H and O–H groups in total. The van der Waals surface area contributed by atoms with Crippen LogP contribution in [0.15, 0.2) is 36.4 Å². The minimum atomic E-state index is -4.43. The van der Waals surface area contributed by atoms with Crippen LogP contribution in [0.2, 0.25) is 0 Å². The summed E-state index contributed by atoms with van der Waals surface area (Å²) in [7, 11) is 0. The van der Waals surface area contributed by atoms with Crippen LogP contribution >= 0.6 is 0 Å². The van der Waals surface area contributed by atoms with Crippen LogP contribution in [-0.4, -0.2) is 4.98 Å². The molecule has 106 valence electrons. The van der Waals surface area contributed by atoms with Gasteiger partial charge in [0, 0.05) is 6.54 Å². The highest BCUT2D eigenvalue weighted by molar-refractivity contribution is 5.47. The zero-order valence-corrected chi connectivity index (χ0v) is 10.8. The third-order valence-electron chi connectivity index (χ3n) is 2.73. The quantitative estimate of drug-likeness (QED) is 0.903. The molecule has 2 rings (SSSR count). The Balaban J connectivity index is 2.16. The lowest BCUT2D eigenvalue weighted by molar-refractivity contribution is -0.137. The van der Waals surface area contributed by atoms with Crippen LogP contribution < -0.4 is 11.1 Å². The van der Waals surface area contributed by atoms with Gasteiger partial charge in [0.15, 0.2) is 0 Å².